The molecule has 5 nitrogen and oxygen atoms in total. The molecule has 12 rings (SSSR count). The minimum Gasteiger partial charge on any atom is -0.456 e. The van der Waals surface area contributed by atoms with Crippen LogP contribution in [-0.4, -0.2) is 9.13 Å². The third-order valence-corrected chi connectivity index (χ3v) is 12.6. The topological polar surface area (TPSA) is 70.6 Å². The monoisotopic (exact) mass is 740 g/mol. The lowest BCUT2D eigenvalue weighted by Crippen LogP contribution is -2.14. The lowest BCUT2D eigenvalue weighted by molar-refractivity contribution is 0.661. The Morgan fingerprint density at radius 3 is 1.90 bits per heavy atom. The van der Waals surface area contributed by atoms with E-state index >= 15 is 0 Å². The number of fused-ring (bicyclic) bond motifs is 12. The Labute approximate surface area is 333 Å². The van der Waals surface area contributed by atoms with E-state index in [1.54, 1.807) is 0 Å². The van der Waals surface area contributed by atoms with Gasteiger partial charge in [0, 0.05) is 43.3 Å². The molecule has 11 aromatic rings. The highest BCUT2D eigenvalue weighted by molar-refractivity contribution is 6.17. The SMILES string of the molecule is CC1(C)c2ccccc2-c2cc3c(cc21)c1ccccc1n3-c1ccc(-c2cccc(C#N)c2-n2c3ccccc3c3cc4oc5ccccc5c4cc32)cc1C#N. The van der Waals surface area contributed by atoms with Crippen molar-refractivity contribution in [2.45, 2.75) is 19.3 Å². The molecule has 8 aromatic carbocycles. The molecular formula is C53H32N4O. The van der Waals surface area contributed by atoms with Crippen LogP contribution in [0.2, 0.25) is 0 Å². The standard InChI is InChI=1S/C53H32N4O/c1-53(2)43-18-7-3-13-35(43)39-26-48-40(25-44(39)53)36-14-4-8-19-46(36)56(48)45-23-22-31(24-33(45)30-55)34-17-11-12-32(29-54)52(34)57-47-20-9-5-15-37(47)41-28-51-42(27-49(41)57)38-16-6-10-21-50(38)58-51/h3-28H,1-2H3. The third kappa shape index (κ3) is 4.22. The van der Waals surface area contributed by atoms with Gasteiger partial charge in [-0.15, -0.1) is 0 Å². The normalized spacial score (nSPS) is 13.1. The van der Waals surface area contributed by atoms with E-state index in [9.17, 15) is 10.5 Å². The highest BCUT2D eigenvalue weighted by Gasteiger charge is 2.36. The third-order valence-electron chi connectivity index (χ3n) is 12.6. The fraction of sp³-hybridized carbons (Fsp3) is 0.0566. The fourth-order valence-corrected chi connectivity index (χ4v) is 9.95. The Morgan fingerprint density at radius 1 is 0.448 bits per heavy atom. The van der Waals surface area contributed by atoms with Crippen molar-refractivity contribution in [3.63, 3.8) is 0 Å². The van der Waals surface area contributed by atoms with Crippen molar-refractivity contribution >= 4 is 65.6 Å². The summed E-state index contributed by atoms with van der Waals surface area (Å²) in [6.45, 7) is 4.62. The fourth-order valence-electron chi connectivity index (χ4n) is 9.95. The molecule has 58 heavy (non-hydrogen) atoms. The van der Waals surface area contributed by atoms with Crippen LogP contribution in [0, 0.1) is 22.7 Å². The first-order valence-electron chi connectivity index (χ1n) is 19.5. The van der Waals surface area contributed by atoms with Gasteiger partial charge in [0.1, 0.15) is 23.3 Å². The molecule has 270 valence electrons. The van der Waals surface area contributed by atoms with Crippen LogP contribution < -0.4 is 0 Å². The first-order valence-corrected chi connectivity index (χ1v) is 19.5. The second kappa shape index (κ2) is 11.6. The van der Waals surface area contributed by atoms with Crippen LogP contribution in [0.3, 0.4) is 0 Å². The van der Waals surface area contributed by atoms with Gasteiger partial charge < -0.3 is 13.6 Å². The van der Waals surface area contributed by atoms with E-state index in [1.165, 1.54) is 22.3 Å². The molecular weight excluding hydrogens is 709 g/mol. The maximum atomic E-state index is 11.0. The van der Waals surface area contributed by atoms with Gasteiger partial charge in [0.05, 0.1) is 44.6 Å². The summed E-state index contributed by atoms with van der Waals surface area (Å²) < 4.78 is 10.8. The molecule has 0 fully saturated rings. The van der Waals surface area contributed by atoms with Crippen molar-refractivity contribution in [1.29, 1.82) is 10.5 Å². The summed E-state index contributed by atoms with van der Waals surface area (Å²) in [5, 5.41) is 28.1. The minimum atomic E-state index is -0.132. The second-order valence-electron chi connectivity index (χ2n) is 15.9. The zero-order chi connectivity index (χ0) is 38.9. The molecule has 0 saturated heterocycles. The van der Waals surface area contributed by atoms with Crippen LogP contribution in [0.15, 0.2) is 162 Å². The quantitative estimate of drug-likeness (QED) is 0.181. The number of hydrogen-bond donors (Lipinski definition) is 0. The summed E-state index contributed by atoms with van der Waals surface area (Å²) >= 11 is 0. The average molecular weight is 741 g/mol. The van der Waals surface area contributed by atoms with Gasteiger partial charge in [-0.05, 0) is 88.5 Å². The maximum absolute atomic E-state index is 11.0. The van der Waals surface area contributed by atoms with Crippen molar-refractivity contribution < 1.29 is 4.42 Å². The maximum Gasteiger partial charge on any atom is 0.136 e. The predicted molar refractivity (Wildman–Crippen MR) is 235 cm³/mol. The molecule has 1 aliphatic carbocycles. The van der Waals surface area contributed by atoms with E-state index in [2.05, 4.69) is 144 Å². The molecule has 0 atom stereocenters. The van der Waals surface area contributed by atoms with Gasteiger partial charge in [-0.1, -0.05) is 111 Å². The second-order valence-corrected chi connectivity index (χ2v) is 15.9. The zero-order valence-electron chi connectivity index (χ0n) is 31.7. The number of nitriles is 2. The number of benzene rings is 8. The lowest BCUT2D eigenvalue weighted by Gasteiger charge is -2.21. The molecule has 0 amide bonds. The van der Waals surface area contributed by atoms with E-state index < -0.39 is 0 Å². The Bertz CT molecular complexity index is 3690. The van der Waals surface area contributed by atoms with Gasteiger partial charge in [0.2, 0.25) is 0 Å². The van der Waals surface area contributed by atoms with Crippen LogP contribution in [0.5, 0.6) is 0 Å². The molecule has 0 spiro atoms. The Hall–Kier alpha value is -7.86. The predicted octanol–water partition coefficient (Wildman–Crippen LogP) is 13.5. The number of aromatic nitrogens is 2. The van der Waals surface area contributed by atoms with E-state index in [0.29, 0.717) is 11.1 Å². The van der Waals surface area contributed by atoms with Gasteiger partial charge >= 0.3 is 0 Å². The van der Waals surface area contributed by atoms with Crippen molar-refractivity contribution in [2.75, 3.05) is 0 Å². The van der Waals surface area contributed by atoms with Crippen molar-refractivity contribution in [2.24, 2.45) is 0 Å². The van der Waals surface area contributed by atoms with Crippen LogP contribution in [0.4, 0.5) is 0 Å². The zero-order valence-corrected chi connectivity index (χ0v) is 31.7. The molecule has 0 N–H and O–H groups in total. The number of nitrogens with zero attached hydrogens (tertiary/aromatic N) is 4. The summed E-state index contributed by atoms with van der Waals surface area (Å²) in [6, 6.07) is 59.7. The lowest BCUT2D eigenvalue weighted by atomic mass is 9.82. The summed E-state index contributed by atoms with van der Waals surface area (Å²) in [5.41, 5.74) is 15.1. The van der Waals surface area contributed by atoms with Gasteiger partial charge in [-0.2, -0.15) is 10.5 Å². The number of hydrogen-bond acceptors (Lipinski definition) is 3. The van der Waals surface area contributed by atoms with Gasteiger partial charge in [-0.25, -0.2) is 0 Å². The molecule has 0 saturated carbocycles. The molecule has 0 bridgehead atoms. The van der Waals surface area contributed by atoms with E-state index in [4.69, 9.17) is 4.42 Å². The molecule has 0 radical (unpaired) electrons. The summed E-state index contributed by atoms with van der Waals surface area (Å²) in [5.74, 6) is 0. The van der Waals surface area contributed by atoms with Crippen molar-refractivity contribution in [3.8, 4) is 45.8 Å². The van der Waals surface area contributed by atoms with Gasteiger partial charge in [0.15, 0.2) is 0 Å². The smallest absolute Gasteiger partial charge is 0.136 e. The van der Waals surface area contributed by atoms with Crippen LogP contribution in [0.25, 0.3) is 99.2 Å². The molecule has 3 aromatic heterocycles. The van der Waals surface area contributed by atoms with Crippen molar-refractivity contribution in [3.05, 3.63) is 180 Å². The van der Waals surface area contributed by atoms with Gasteiger partial charge in [-0.3, -0.25) is 0 Å². The van der Waals surface area contributed by atoms with Gasteiger partial charge in [0.25, 0.3) is 0 Å². The minimum absolute atomic E-state index is 0.132. The summed E-state index contributed by atoms with van der Waals surface area (Å²) in [6.07, 6.45) is 0. The van der Waals surface area contributed by atoms with E-state index in [-0.39, 0.29) is 5.41 Å². The summed E-state index contributed by atoms with van der Waals surface area (Å²) in [4.78, 5) is 0. The first-order chi connectivity index (χ1) is 28.4. The molecule has 1 aliphatic rings. The molecule has 0 unspecified atom stereocenters. The highest BCUT2D eigenvalue weighted by Crippen LogP contribution is 2.51. The first kappa shape index (κ1) is 32.4. The Balaban J connectivity index is 1.10. The molecule has 3 heterocycles. The molecule has 5 heteroatoms. The molecule has 0 aliphatic heterocycles. The number of rotatable bonds is 3. The Morgan fingerprint density at radius 2 is 1.10 bits per heavy atom. The summed E-state index contributed by atoms with van der Waals surface area (Å²) in [7, 11) is 0. The van der Waals surface area contributed by atoms with E-state index in [0.717, 1.165) is 88.1 Å². The largest absolute Gasteiger partial charge is 0.456 e. The number of para-hydroxylation sites is 4. The average Bonchev–Trinajstić information content (AvgIpc) is 3.96. The highest BCUT2D eigenvalue weighted by atomic mass is 16.3. The van der Waals surface area contributed by atoms with E-state index in [1.807, 2.05) is 48.5 Å². The van der Waals surface area contributed by atoms with Crippen LogP contribution in [0.1, 0.15) is 36.1 Å². The number of furan rings is 1. The Kier molecular flexibility index (Phi) is 6.47. The van der Waals surface area contributed by atoms with Crippen LogP contribution >= 0.6 is 0 Å². The van der Waals surface area contributed by atoms with Crippen molar-refractivity contribution in [1.82, 2.24) is 9.13 Å². The van der Waals surface area contributed by atoms with Crippen LogP contribution in [-0.2, 0) is 5.41 Å².